The van der Waals surface area contributed by atoms with Gasteiger partial charge in [-0.25, -0.2) is 0 Å². The largest absolute Gasteiger partial charge is 0.486 e. The minimum atomic E-state index is -0.0371. The van der Waals surface area contributed by atoms with E-state index >= 15 is 0 Å². The summed E-state index contributed by atoms with van der Waals surface area (Å²) in [5.74, 6) is 1.55. The predicted molar refractivity (Wildman–Crippen MR) is 107 cm³/mol. The Morgan fingerprint density at radius 3 is 3.00 bits per heavy atom. The van der Waals surface area contributed by atoms with Gasteiger partial charge >= 0.3 is 0 Å². The number of carbonyl (C=O) groups excluding carboxylic acids is 1. The number of amides is 1. The Labute approximate surface area is 166 Å². The van der Waals surface area contributed by atoms with Crippen molar-refractivity contribution in [1.29, 1.82) is 0 Å². The molecule has 0 radical (unpaired) electrons. The Hall–Kier alpha value is -2.71. The summed E-state index contributed by atoms with van der Waals surface area (Å²) >= 11 is 1.15. The monoisotopic (exact) mass is 396 g/mol. The van der Waals surface area contributed by atoms with E-state index in [1.54, 1.807) is 0 Å². The quantitative estimate of drug-likeness (QED) is 0.730. The van der Waals surface area contributed by atoms with Gasteiger partial charge in [0.25, 0.3) is 0 Å². The number of benzene rings is 2. The number of ether oxygens (including phenoxy) is 2. The van der Waals surface area contributed by atoms with Crippen molar-refractivity contribution in [2.75, 3.05) is 31.6 Å². The number of likely N-dealkylation sites (tertiary alicyclic amines) is 1. The molecule has 28 heavy (non-hydrogen) atoms. The molecule has 0 spiro atoms. The second kappa shape index (κ2) is 7.37. The minimum absolute atomic E-state index is 0.0371. The van der Waals surface area contributed by atoms with Gasteiger partial charge in [0.1, 0.15) is 24.2 Å². The third kappa shape index (κ3) is 3.29. The van der Waals surface area contributed by atoms with E-state index in [0.717, 1.165) is 53.6 Å². The molecule has 8 heteroatoms. The molecule has 1 amide bonds. The molecule has 1 atom stereocenters. The van der Waals surface area contributed by atoms with Crippen LogP contribution >= 0.6 is 11.7 Å². The topological polar surface area (TPSA) is 76.6 Å². The Morgan fingerprint density at radius 2 is 2.07 bits per heavy atom. The minimum Gasteiger partial charge on any atom is -0.486 e. The van der Waals surface area contributed by atoms with Gasteiger partial charge in [0.05, 0.1) is 24.0 Å². The molecule has 3 aromatic rings. The van der Waals surface area contributed by atoms with Crippen LogP contribution in [-0.4, -0.2) is 45.9 Å². The molecule has 0 aliphatic carbocycles. The molecular formula is C20H20N4O3S. The Morgan fingerprint density at radius 1 is 1.18 bits per heavy atom. The van der Waals surface area contributed by atoms with Crippen LogP contribution < -0.4 is 14.8 Å². The van der Waals surface area contributed by atoms with Crippen LogP contribution in [0.15, 0.2) is 36.4 Å². The fourth-order valence-electron chi connectivity index (χ4n) is 3.94. The molecule has 0 saturated carbocycles. The lowest BCUT2D eigenvalue weighted by Gasteiger charge is -2.26. The summed E-state index contributed by atoms with van der Waals surface area (Å²) in [7, 11) is 0. The van der Waals surface area contributed by atoms with Gasteiger partial charge in [-0.1, -0.05) is 12.1 Å². The second-order valence-electron chi connectivity index (χ2n) is 7.02. The number of nitrogens with one attached hydrogen (secondary N) is 1. The van der Waals surface area contributed by atoms with Crippen LogP contribution in [0.2, 0.25) is 0 Å². The van der Waals surface area contributed by atoms with Crippen molar-refractivity contribution >= 4 is 34.4 Å². The van der Waals surface area contributed by atoms with Crippen molar-refractivity contribution in [2.45, 2.75) is 18.9 Å². The lowest BCUT2D eigenvalue weighted by molar-refractivity contribution is -0.117. The maximum absolute atomic E-state index is 12.7. The first kappa shape index (κ1) is 17.4. The molecule has 1 saturated heterocycles. The molecule has 1 fully saturated rings. The molecule has 1 N–H and O–H groups in total. The van der Waals surface area contributed by atoms with Gasteiger partial charge in [-0.05, 0) is 49.2 Å². The van der Waals surface area contributed by atoms with E-state index in [9.17, 15) is 4.79 Å². The van der Waals surface area contributed by atoms with Gasteiger partial charge in [-0.15, -0.1) is 0 Å². The first-order chi connectivity index (χ1) is 13.8. The standard InChI is InChI=1S/C20H20N4O3S/c25-19(21-14-3-1-4-15-20(14)23-28-22-15)12-24-8-2-5-16(24)13-6-7-17-18(11-13)27-10-9-26-17/h1,3-4,6-7,11,16H,2,5,8-10,12H2,(H,21,25). The number of aromatic nitrogens is 2. The second-order valence-corrected chi connectivity index (χ2v) is 7.55. The fraction of sp³-hybridized carbons (Fsp3) is 0.350. The number of hydrogen-bond donors (Lipinski definition) is 1. The number of fused-ring (bicyclic) bond motifs is 2. The molecule has 7 nitrogen and oxygen atoms in total. The van der Waals surface area contributed by atoms with Crippen LogP contribution in [0.4, 0.5) is 5.69 Å². The van der Waals surface area contributed by atoms with E-state index in [-0.39, 0.29) is 11.9 Å². The van der Waals surface area contributed by atoms with E-state index in [1.165, 1.54) is 5.56 Å². The first-order valence-corrected chi connectivity index (χ1v) is 10.2. The summed E-state index contributed by atoms with van der Waals surface area (Å²) in [6.45, 7) is 2.40. The normalized spacial score (nSPS) is 19.1. The molecule has 1 unspecified atom stereocenters. The highest BCUT2D eigenvalue weighted by Gasteiger charge is 2.29. The average Bonchev–Trinajstić information content (AvgIpc) is 3.37. The van der Waals surface area contributed by atoms with Crippen LogP contribution in [0, 0.1) is 0 Å². The van der Waals surface area contributed by atoms with E-state index in [2.05, 4.69) is 31.1 Å². The van der Waals surface area contributed by atoms with Gasteiger partial charge < -0.3 is 14.8 Å². The molecular weight excluding hydrogens is 376 g/mol. The van der Waals surface area contributed by atoms with Gasteiger partial charge in [0.15, 0.2) is 11.5 Å². The number of anilines is 1. The molecule has 0 bridgehead atoms. The molecule has 5 rings (SSSR count). The van der Waals surface area contributed by atoms with Crippen LogP contribution in [0.1, 0.15) is 24.4 Å². The zero-order valence-corrected chi connectivity index (χ0v) is 16.1. The van der Waals surface area contributed by atoms with Gasteiger partial charge in [0.2, 0.25) is 5.91 Å². The molecule has 2 aliphatic heterocycles. The first-order valence-electron chi connectivity index (χ1n) is 9.43. The highest BCUT2D eigenvalue weighted by molar-refractivity contribution is 7.00. The van der Waals surface area contributed by atoms with Crippen LogP contribution in [0.25, 0.3) is 11.0 Å². The number of hydrogen-bond acceptors (Lipinski definition) is 7. The summed E-state index contributed by atoms with van der Waals surface area (Å²) in [5, 5.41) is 3.00. The summed E-state index contributed by atoms with van der Waals surface area (Å²) in [6, 6.07) is 12.0. The number of carbonyl (C=O) groups is 1. The number of nitrogens with zero attached hydrogens (tertiary/aromatic N) is 3. The third-order valence-corrected chi connectivity index (χ3v) is 5.76. The molecule has 144 valence electrons. The maximum atomic E-state index is 12.7. The van der Waals surface area contributed by atoms with Crippen molar-refractivity contribution in [3.8, 4) is 11.5 Å². The SMILES string of the molecule is O=C(CN1CCCC1c1ccc2c(c1)OCCO2)Nc1cccc2nsnc12. The van der Waals surface area contributed by atoms with Gasteiger partial charge in [-0.2, -0.15) is 8.75 Å². The summed E-state index contributed by atoms with van der Waals surface area (Å²) in [5.41, 5.74) is 3.43. The highest BCUT2D eigenvalue weighted by atomic mass is 32.1. The van der Waals surface area contributed by atoms with Gasteiger partial charge in [-0.3, -0.25) is 9.69 Å². The summed E-state index contributed by atoms with van der Waals surface area (Å²) in [6.07, 6.45) is 2.09. The maximum Gasteiger partial charge on any atom is 0.238 e. The van der Waals surface area contributed by atoms with Crippen molar-refractivity contribution in [1.82, 2.24) is 13.6 Å². The van der Waals surface area contributed by atoms with Crippen molar-refractivity contribution in [3.63, 3.8) is 0 Å². The summed E-state index contributed by atoms with van der Waals surface area (Å²) in [4.78, 5) is 14.9. The van der Waals surface area contributed by atoms with Crippen molar-refractivity contribution in [3.05, 3.63) is 42.0 Å². The molecule has 1 aromatic heterocycles. The van der Waals surface area contributed by atoms with E-state index < -0.39 is 0 Å². The predicted octanol–water partition coefficient (Wildman–Crippen LogP) is 3.24. The zero-order chi connectivity index (χ0) is 18.9. The zero-order valence-electron chi connectivity index (χ0n) is 15.3. The number of rotatable bonds is 4. The van der Waals surface area contributed by atoms with Crippen LogP contribution in [-0.2, 0) is 4.79 Å². The van der Waals surface area contributed by atoms with Crippen molar-refractivity contribution < 1.29 is 14.3 Å². The molecule has 2 aliphatic rings. The van der Waals surface area contributed by atoms with Crippen LogP contribution in [0.3, 0.4) is 0 Å². The Bertz CT molecular complexity index is 1020. The van der Waals surface area contributed by atoms with E-state index in [0.29, 0.717) is 25.4 Å². The molecule has 3 heterocycles. The summed E-state index contributed by atoms with van der Waals surface area (Å²) < 4.78 is 19.8. The molecule has 2 aromatic carbocycles. The van der Waals surface area contributed by atoms with E-state index in [1.807, 2.05) is 24.3 Å². The third-order valence-electron chi connectivity index (χ3n) is 5.22. The van der Waals surface area contributed by atoms with Crippen molar-refractivity contribution in [2.24, 2.45) is 0 Å². The highest BCUT2D eigenvalue weighted by Crippen LogP contribution is 2.38. The fourth-order valence-corrected chi connectivity index (χ4v) is 4.49. The van der Waals surface area contributed by atoms with Gasteiger partial charge in [0, 0.05) is 6.04 Å². The Kier molecular flexibility index (Phi) is 4.58. The Balaban J connectivity index is 1.30. The average molecular weight is 396 g/mol. The van der Waals surface area contributed by atoms with Crippen LogP contribution in [0.5, 0.6) is 11.5 Å². The van der Waals surface area contributed by atoms with E-state index in [4.69, 9.17) is 9.47 Å². The lowest BCUT2D eigenvalue weighted by atomic mass is 10.0. The smallest absolute Gasteiger partial charge is 0.238 e. The lowest BCUT2D eigenvalue weighted by Crippen LogP contribution is -2.33.